The Kier molecular flexibility index (Phi) is 3.15. The SMILES string of the molecule is CC(NI)c1ccccc1. The van der Waals surface area contributed by atoms with Crippen LogP contribution < -0.4 is 3.53 Å². The second-order valence-electron chi connectivity index (χ2n) is 2.24. The first-order valence-corrected chi connectivity index (χ1v) is 4.33. The third-order valence-electron chi connectivity index (χ3n) is 1.46. The van der Waals surface area contributed by atoms with E-state index in [0.29, 0.717) is 6.04 Å². The molecular formula is C8H10IN. The fourth-order valence-corrected chi connectivity index (χ4v) is 1.16. The molecule has 0 amide bonds. The van der Waals surface area contributed by atoms with Crippen LogP contribution in [0.1, 0.15) is 18.5 Å². The van der Waals surface area contributed by atoms with Gasteiger partial charge in [-0.2, -0.15) is 0 Å². The van der Waals surface area contributed by atoms with Gasteiger partial charge in [0, 0.05) is 28.9 Å². The first-order chi connectivity index (χ1) is 4.84. The molecule has 1 aromatic rings. The Morgan fingerprint density at radius 2 is 1.90 bits per heavy atom. The molecule has 10 heavy (non-hydrogen) atoms. The molecular weight excluding hydrogens is 237 g/mol. The molecule has 1 aromatic carbocycles. The van der Waals surface area contributed by atoms with Gasteiger partial charge in [0.15, 0.2) is 0 Å². The van der Waals surface area contributed by atoms with Crippen molar-refractivity contribution in [2.24, 2.45) is 0 Å². The van der Waals surface area contributed by atoms with E-state index in [4.69, 9.17) is 0 Å². The minimum absolute atomic E-state index is 0.446. The van der Waals surface area contributed by atoms with Crippen LogP contribution in [0.4, 0.5) is 0 Å². The second-order valence-corrected chi connectivity index (χ2v) is 2.86. The van der Waals surface area contributed by atoms with Gasteiger partial charge in [0.2, 0.25) is 0 Å². The van der Waals surface area contributed by atoms with Gasteiger partial charge in [-0.15, -0.1) is 0 Å². The van der Waals surface area contributed by atoms with Crippen molar-refractivity contribution in [1.82, 2.24) is 3.53 Å². The summed E-state index contributed by atoms with van der Waals surface area (Å²) in [6.45, 7) is 2.14. The lowest BCUT2D eigenvalue weighted by Gasteiger charge is -2.07. The smallest absolute Gasteiger partial charge is 0.0384 e. The summed E-state index contributed by atoms with van der Waals surface area (Å²) in [6.07, 6.45) is 0. The van der Waals surface area contributed by atoms with E-state index >= 15 is 0 Å². The van der Waals surface area contributed by atoms with Gasteiger partial charge in [-0.05, 0) is 12.5 Å². The standard InChI is InChI=1S/C8H10IN/c1-7(10-9)8-5-3-2-4-6-8/h2-7,10H,1H3. The Labute approximate surface area is 75.3 Å². The summed E-state index contributed by atoms with van der Waals surface area (Å²) in [5.74, 6) is 0. The molecule has 0 fully saturated rings. The van der Waals surface area contributed by atoms with Gasteiger partial charge >= 0.3 is 0 Å². The van der Waals surface area contributed by atoms with E-state index in [2.05, 4.69) is 57.6 Å². The maximum Gasteiger partial charge on any atom is 0.0384 e. The van der Waals surface area contributed by atoms with Gasteiger partial charge in [0.1, 0.15) is 0 Å². The highest BCUT2D eigenvalue weighted by atomic mass is 127. The van der Waals surface area contributed by atoms with Crippen LogP contribution in [0.3, 0.4) is 0 Å². The molecule has 0 aliphatic rings. The quantitative estimate of drug-likeness (QED) is 0.625. The van der Waals surface area contributed by atoms with Crippen LogP contribution >= 0.6 is 22.9 Å². The van der Waals surface area contributed by atoms with Gasteiger partial charge in [-0.3, -0.25) is 3.53 Å². The van der Waals surface area contributed by atoms with Crippen LogP contribution in [-0.4, -0.2) is 0 Å². The molecule has 1 atom stereocenters. The zero-order valence-corrected chi connectivity index (χ0v) is 8.00. The number of nitrogens with one attached hydrogen (secondary N) is 1. The largest absolute Gasteiger partial charge is 0.254 e. The monoisotopic (exact) mass is 247 g/mol. The van der Waals surface area contributed by atoms with E-state index in [1.54, 1.807) is 0 Å². The minimum atomic E-state index is 0.446. The zero-order chi connectivity index (χ0) is 7.40. The summed E-state index contributed by atoms with van der Waals surface area (Å²) in [6, 6.07) is 10.8. The third kappa shape index (κ3) is 1.95. The minimum Gasteiger partial charge on any atom is -0.254 e. The van der Waals surface area contributed by atoms with Crippen molar-refractivity contribution in [1.29, 1.82) is 0 Å². The maximum atomic E-state index is 3.15. The molecule has 0 aliphatic heterocycles. The highest BCUT2D eigenvalue weighted by Crippen LogP contribution is 2.11. The van der Waals surface area contributed by atoms with Crippen LogP contribution in [0.2, 0.25) is 0 Å². The molecule has 1 nitrogen and oxygen atoms in total. The predicted molar refractivity (Wildman–Crippen MR) is 52.0 cm³/mol. The Balaban J connectivity index is 2.75. The molecule has 0 saturated heterocycles. The highest BCUT2D eigenvalue weighted by Gasteiger charge is 1.98. The van der Waals surface area contributed by atoms with Crippen molar-refractivity contribution in [2.75, 3.05) is 0 Å². The lowest BCUT2D eigenvalue weighted by molar-refractivity contribution is 0.778. The lowest BCUT2D eigenvalue weighted by atomic mass is 10.1. The van der Waals surface area contributed by atoms with Gasteiger partial charge in [0.25, 0.3) is 0 Å². The van der Waals surface area contributed by atoms with E-state index in [0.717, 1.165) is 0 Å². The molecule has 0 aliphatic carbocycles. The maximum absolute atomic E-state index is 3.15. The fraction of sp³-hybridized carbons (Fsp3) is 0.250. The van der Waals surface area contributed by atoms with Crippen LogP contribution in [0, 0.1) is 0 Å². The Hall–Kier alpha value is -0.0900. The van der Waals surface area contributed by atoms with Gasteiger partial charge in [0.05, 0.1) is 0 Å². The lowest BCUT2D eigenvalue weighted by Crippen LogP contribution is -2.04. The van der Waals surface area contributed by atoms with Gasteiger partial charge in [-0.25, -0.2) is 0 Å². The summed E-state index contributed by atoms with van der Waals surface area (Å²) in [5, 5.41) is 0. The summed E-state index contributed by atoms with van der Waals surface area (Å²) >= 11 is 2.17. The first-order valence-electron chi connectivity index (χ1n) is 3.25. The summed E-state index contributed by atoms with van der Waals surface area (Å²) in [4.78, 5) is 0. The van der Waals surface area contributed by atoms with Crippen LogP contribution in [0.5, 0.6) is 0 Å². The first kappa shape index (κ1) is 8.01. The topological polar surface area (TPSA) is 12.0 Å². The third-order valence-corrected chi connectivity index (χ3v) is 2.40. The van der Waals surface area contributed by atoms with Gasteiger partial charge < -0.3 is 0 Å². The van der Waals surface area contributed by atoms with Crippen molar-refractivity contribution in [3.8, 4) is 0 Å². The molecule has 1 rings (SSSR count). The molecule has 0 bridgehead atoms. The van der Waals surface area contributed by atoms with Gasteiger partial charge in [-0.1, -0.05) is 30.3 Å². The van der Waals surface area contributed by atoms with E-state index in [1.807, 2.05) is 6.07 Å². The molecule has 0 heterocycles. The van der Waals surface area contributed by atoms with E-state index < -0.39 is 0 Å². The normalized spacial score (nSPS) is 13.0. The summed E-state index contributed by atoms with van der Waals surface area (Å²) in [5.41, 5.74) is 1.33. The highest BCUT2D eigenvalue weighted by molar-refractivity contribution is 14.1. The predicted octanol–water partition coefficient (Wildman–Crippen LogP) is 2.69. The Bertz CT molecular complexity index is 186. The summed E-state index contributed by atoms with van der Waals surface area (Å²) in [7, 11) is 0. The molecule has 0 radical (unpaired) electrons. The molecule has 0 saturated carbocycles. The van der Waals surface area contributed by atoms with Crippen LogP contribution in [-0.2, 0) is 0 Å². The van der Waals surface area contributed by atoms with Crippen molar-refractivity contribution in [3.05, 3.63) is 35.9 Å². The Morgan fingerprint density at radius 3 is 2.40 bits per heavy atom. The average molecular weight is 247 g/mol. The van der Waals surface area contributed by atoms with E-state index in [1.165, 1.54) is 5.56 Å². The van der Waals surface area contributed by atoms with Crippen molar-refractivity contribution >= 4 is 22.9 Å². The van der Waals surface area contributed by atoms with Crippen LogP contribution in [0.25, 0.3) is 0 Å². The van der Waals surface area contributed by atoms with Crippen LogP contribution in [0.15, 0.2) is 30.3 Å². The van der Waals surface area contributed by atoms with Crippen molar-refractivity contribution in [3.63, 3.8) is 0 Å². The second kappa shape index (κ2) is 3.93. The Morgan fingerprint density at radius 1 is 1.30 bits per heavy atom. The number of hydrogen-bond donors (Lipinski definition) is 1. The summed E-state index contributed by atoms with van der Waals surface area (Å²) < 4.78 is 3.15. The number of rotatable bonds is 2. The van der Waals surface area contributed by atoms with Crippen molar-refractivity contribution < 1.29 is 0 Å². The average Bonchev–Trinajstić information content (AvgIpc) is 2.05. The molecule has 54 valence electrons. The molecule has 2 heteroatoms. The fourth-order valence-electron chi connectivity index (χ4n) is 0.805. The molecule has 1 N–H and O–H groups in total. The zero-order valence-electron chi connectivity index (χ0n) is 5.84. The van der Waals surface area contributed by atoms with Crippen molar-refractivity contribution in [2.45, 2.75) is 13.0 Å². The number of hydrogen-bond acceptors (Lipinski definition) is 1. The molecule has 0 aromatic heterocycles. The van der Waals surface area contributed by atoms with E-state index in [-0.39, 0.29) is 0 Å². The molecule has 1 unspecified atom stereocenters. The number of halogens is 1. The van der Waals surface area contributed by atoms with E-state index in [9.17, 15) is 0 Å². The number of benzene rings is 1. The molecule has 0 spiro atoms.